The lowest BCUT2D eigenvalue weighted by molar-refractivity contribution is 0.0746. The molecule has 4 rings (SSSR count). The number of carbonyl (C=O) groups excluding carboxylic acids is 1. The number of amides is 1. The summed E-state index contributed by atoms with van der Waals surface area (Å²) in [4.78, 5) is 21.6. The highest BCUT2D eigenvalue weighted by Gasteiger charge is 2.23. The van der Waals surface area contributed by atoms with E-state index in [4.69, 9.17) is 14.2 Å². The monoisotopic (exact) mass is 447 g/mol. The van der Waals surface area contributed by atoms with Crippen molar-refractivity contribution in [3.05, 3.63) is 78.5 Å². The molecule has 1 amide bonds. The summed E-state index contributed by atoms with van der Waals surface area (Å²) in [6.45, 7) is 5.98. The summed E-state index contributed by atoms with van der Waals surface area (Å²) in [7, 11) is 0. The zero-order valence-electron chi connectivity index (χ0n) is 18.9. The number of pyridine rings is 1. The molecule has 2 heterocycles. The van der Waals surface area contributed by atoms with Crippen LogP contribution in [0.1, 0.15) is 17.3 Å². The Labute approximate surface area is 194 Å². The predicted molar refractivity (Wildman–Crippen MR) is 127 cm³/mol. The fourth-order valence-corrected chi connectivity index (χ4v) is 3.72. The van der Waals surface area contributed by atoms with Gasteiger partial charge in [-0.1, -0.05) is 24.3 Å². The summed E-state index contributed by atoms with van der Waals surface area (Å²) in [5.41, 5.74) is 0.595. The summed E-state index contributed by atoms with van der Waals surface area (Å²) in [5, 5.41) is 0. The molecule has 0 N–H and O–H groups in total. The van der Waals surface area contributed by atoms with Gasteiger partial charge in [-0.2, -0.15) is 0 Å². The number of ether oxygens (including phenoxy) is 3. The van der Waals surface area contributed by atoms with Crippen molar-refractivity contribution in [3.63, 3.8) is 0 Å². The van der Waals surface area contributed by atoms with Crippen LogP contribution in [0, 0.1) is 0 Å². The Morgan fingerprint density at radius 2 is 1.61 bits per heavy atom. The van der Waals surface area contributed by atoms with Crippen LogP contribution in [0.3, 0.4) is 0 Å². The first-order valence-corrected chi connectivity index (χ1v) is 11.3. The maximum Gasteiger partial charge on any atom is 0.254 e. The van der Waals surface area contributed by atoms with Crippen LogP contribution in [-0.4, -0.2) is 61.8 Å². The van der Waals surface area contributed by atoms with Crippen LogP contribution in [-0.2, 0) is 0 Å². The number of piperazine rings is 1. The van der Waals surface area contributed by atoms with E-state index in [1.54, 1.807) is 24.4 Å². The van der Waals surface area contributed by atoms with Gasteiger partial charge < -0.3 is 24.0 Å². The van der Waals surface area contributed by atoms with Crippen molar-refractivity contribution in [2.45, 2.75) is 6.92 Å². The molecule has 2 aromatic carbocycles. The topological polar surface area (TPSA) is 64.1 Å². The largest absolute Gasteiger partial charge is 0.490 e. The maximum absolute atomic E-state index is 13.1. The molecular weight excluding hydrogens is 418 g/mol. The number of hydrogen-bond acceptors (Lipinski definition) is 6. The standard InChI is InChI=1S/C26H29N3O4/c1-2-31-24-20-21(11-12-23(24)33-19-18-32-22-8-4-3-5-9-22)26(30)29-16-14-28(15-17-29)25-10-6-7-13-27-25/h3-13,20H,2,14-19H2,1H3. The molecule has 33 heavy (non-hydrogen) atoms. The lowest BCUT2D eigenvalue weighted by Crippen LogP contribution is -2.49. The van der Waals surface area contributed by atoms with E-state index < -0.39 is 0 Å². The molecule has 3 aromatic rings. The number of carbonyl (C=O) groups is 1. The van der Waals surface area contributed by atoms with Crippen molar-refractivity contribution in [3.8, 4) is 17.2 Å². The van der Waals surface area contributed by atoms with Crippen molar-refractivity contribution >= 4 is 11.7 Å². The number of aromatic nitrogens is 1. The van der Waals surface area contributed by atoms with Gasteiger partial charge in [0.2, 0.25) is 0 Å². The number of anilines is 1. The summed E-state index contributed by atoms with van der Waals surface area (Å²) < 4.78 is 17.3. The zero-order chi connectivity index (χ0) is 22.9. The van der Waals surface area contributed by atoms with Crippen LogP contribution in [0.25, 0.3) is 0 Å². The van der Waals surface area contributed by atoms with Gasteiger partial charge in [-0.25, -0.2) is 4.98 Å². The average Bonchev–Trinajstić information content (AvgIpc) is 2.88. The van der Waals surface area contributed by atoms with Gasteiger partial charge in [0.1, 0.15) is 24.8 Å². The molecule has 0 atom stereocenters. The number of nitrogens with zero attached hydrogens (tertiary/aromatic N) is 3. The summed E-state index contributed by atoms with van der Waals surface area (Å²) in [6, 6.07) is 20.9. The second-order valence-corrected chi connectivity index (χ2v) is 7.57. The van der Waals surface area contributed by atoms with Gasteiger partial charge in [-0.3, -0.25) is 4.79 Å². The molecule has 0 radical (unpaired) electrons. The Bertz CT molecular complexity index is 1020. The quantitative estimate of drug-likeness (QED) is 0.464. The third-order valence-electron chi connectivity index (χ3n) is 5.38. The van der Waals surface area contributed by atoms with Gasteiger partial charge in [0.05, 0.1) is 6.61 Å². The van der Waals surface area contributed by atoms with Gasteiger partial charge in [0, 0.05) is 37.9 Å². The summed E-state index contributed by atoms with van der Waals surface area (Å²) in [5.74, 6) is 2.91. The molecule has 1 fully saturated rings. The zero-order valence-corrected chi connectivity index (χ0v) is 18.9. The van der Waals surface area contributed by atoms with E-state index in [0.717, 1.165) is 24.7 Å². The van der Waals surface area contributed by atoms with Gasteiger partial charge in [-0.05, 0) is 49.4 Å². The van der Waals surface area contributed by atoms with E-state index in [1.165, 1.54) is 0 Å². The number of hydrogen-bond donors (Lipinski definition) is 0. The molecule has 1 saturated heterocycles. The van der Waals surface area contributed by atoms with Gasteiger partial charge in [0.25, 0.3) is 5.91 Å². The molecule has 7 heteroatoms. The molecule has 1 aromatic heterocycles. The fourth-order valence-electron chi connectivity index (χ4n) is 3.72. The highest BCUT2D eigenvalue weighted by Crippen LogP contribution is 2.29. The van der Waals surface area contributed by atoms with Crippen molar-refractivity contribution in [1.29, 1.82) is 0 Å². The minimum absolute atomic E-state index is 0.00409. The Morgan fingerprint density at radius 1 is 0.848 bits per heavy atom. The van der Waals surface area contributed by atoms with Crippen molar-refractivity contribution in [2.75, 3.05) is 50.9 Å². The van der Waals surface area contributed by atoms with Crippen molar-refractivity contribution in [2.24, 2.45) is 0 Å². The molecule has 7 nitrogen and oxygen atoms in total. The van der Waals surface area contributed by atoms with Crippen LogP contribution >= 0.6 is 0 Å². The minimum Gasteiger partial charge on any atom is -0.490 e. The van der Waals surface area contributed by atoms with Gasteiger partial charge >= 0.3 is 0 Å². The van der Waals surface area contributed by atoms with E-state index >= 15 is 0 Å². The van der Waals surface area contributed by atoms with E-state index in [2.05, 4.69) is 9.88 Å². The predicted octanol–water partition coefficient (Wildman–Crippen LogP) is 3.90. The van der Waals surface area contributed by atoms with E-state index in [0.29, 0.717) is 50.0 Å². The molecule has 1 aliphatic rings. The molecule has 0 unspecified atom stereocenters. The summed E-state index contributed by atoms with van der Waals surface area (Å²) in [6.07, 6.45) is 1.79. The third-order valence-corrected chi connectivity index (χ3v) is 5.38. The molecule has 0 spiro atoms. The van der Waals surface area contributed by atoms with Gasteiger partial charge in [-0.15, -0.1) is 0 Å². The van der Waals surface area contributed by atoms with E-state index in [1.807, 2.05) is 60.4 Å². The molecule has 1 aliphatic heterocycles. The van der Waals surface area contributed by atoms with Crippen molar-refractivity contribution < 1.29 is 19.0 Å². The molecular formula is C26H29N3O4. The van der Waals surface area contributed by atoms with Crippen LogP contribution in [0.15, 0.2) is 72.9 Å². The number of para-hydroxylation sites is 1. The first-order valence-electron chi connectivity index (χ1n) is 11.3. The summed E-state index contributed by atoms with van der Waals surface area (Å²) >= 11 is 0. The van der Waals surface area contributed by atoms with E-state index in [-0.39, 0.29) is 5.91 Å². The van der Waals surface area contributed by atoms with E-state index in [9.17, 15) is 4.79 Å². The average molecular weight is 448 g/mol. The Morgan fingerprint density at radius 3 is 2.33 bits per heavy atom. The SMILES string of the molecule is CCOc1cc(C(=O)N2CCN(c3ccccn3)CC2)ccc1OCCOc1ccccc1. The highest BCUT2D eigenvalue weighted by molar-refractivity contribution is 5.95. The van der Waals surface area contributed by atoms with Crippen molar-refractivity contribution in [1.82, 2.24) is 9.88 Å². The Kier molecular flexibility index (Phi) is 7.64. The molecule has 0 aliphatic carbocycles. The van der Waals surface area contributed by atoms with Gasteiger partial charge in [0.15, 0.2) is 11.5 Å². The first kappa shape index (κ1) is 22.5. The Balaban J connectivity index is 1.33. The first-order chi connectivity index (χ1) is 16.2. The van der Waals surface area contributed by atoms with Crippen LogP contribution in [0.4, 0.5) is 5.82 Å². The van der Waals surface area contributed by atoms with Crippen LogP contribution in [0.2, 0.25) is 0 Å². The van der Waals surface area contributed by atoms with Crippen LogP contribution < -0.4 is 19.1 Å². The molecule has 0 saturated carbocycles. The smallest absolute Gasteiger partial charge is 0.254 e. The second kappa shape index (κ2) is 11.2. The number of benzene rings is 2. The normalized spacial score (nSPS) is 13.5. The fraction of sp³-hybridized carbons (Fsp3) is 0.308. The highest BCUT2D eigenvalue weighted by atomic mass is 16.5. The third kappa shape index (κ3) is 5.94. The lowest BCUT2D eigenvalue weighted by Gasteiger charge is -2.35. The minimum atomic E-state index is -0.00409. The molecule has 172 valence electrons. The second-order valence-electron chi connectivity index (χ2n) is 7.57. The Hall–Kier alpha value is -3.74. The maximum atomic E-state index is 13.1. The lowest BCUT2D eigenvalue weighted by atomic mass is 10.1. The number of rotatable bonds is 9. The molecule has 0 bridgehead atoms. The van der Waals surface area contributed by atoms with Crippen LogP contribution in [0.5, 0.6) is 17.2 Å².